The average molecular weight is 353 g/mol. The minimum Gasteiger partial charge on any atom is -0.307 e. The van der Waals surface area contributed by atoms with E-state index >= 15 is 0 Å². The average Bonchev–Trinajstić information content (AvgIpc) is 2.43. The minimum absolute atomic E-state index is 0.163. The fourth-order valence-electron chi connectivity index (χ4n) is 2.34. The van der Waals surface area contributed by atoms with Gasteiger partial charge in [-0.2, -0.15) is 0 Å². The van der Waals surface area contributed by atoms with Crippen LogP contribution in [0.4, 0.5) is 0 Å². The molecule has 1 atom stereocenters. The normalized spacial score (nSPS) is 12.4. The van der Waals surface area contributed by atoms with Gasteiger partial charge in [-0.25, -0.2) is 0 Å². The van der Waals surface area contributed by atoms with Gasteiger partial charge in [0.2, 0.25) is 0 Å². The monoisotopic (exact) mass is 351 g/mol. The molecule has 0 aliphatic heterocycles. The van der Waals surface area contributed by atoms with Gasteiger partial charge in [-0.1, -0.05) is 58.7 Å². The predicted octanol–water partition coefficient (Wildman–Crippen LogP) is 5.42. The highest BCUT2D eigenvalue weighted by Gasteiger charge is 2.16. The first-order valence-electron chi connectivity index (χ1n) is 6.79. The van der Waals surface area contributed by atoms with Crippen LogP contribution in [0.3, 0.4) is 0 Å². The zero-order valence-corrected chi connectivity index (χ0v) is 14.3. The van der Waals surface area contributed by atoms with Crippen molar-refractivity contribution in [3.8, 4) is 0 Å². The van der Waals surface area contributed by atoms with Crippen molar-refractivity contribution in [3.63, 3.8) is 0 Å². The van der Waals surface area contributed by atoms with Gasteiger partial charge in [0.05, 0.1) is 6.04 Å². The van der Waals surface area contributed by atoms with Gasteiger partial charge in [0.1, 0.15) is 0 Å². The number of nitrogens with one attached hydrogen (secondary N) is 1. The Morgan fingerprint density at radius 2 is 1.95 bits per heavy atom. The Morgan fingerprint density at radius 1 is 1.20 bits per heavy atom. The molecule has 0 heterocycles. The topological polar surface area (TPSA) is 12.0 Å². The third-order valence-corrected chi connectivity index (χ3v) is 4.82. The van der Waals surface area contributed by atoms with Crippen LogP contribution in [0.2, 0.25) is 5.02 Å². The van der Waals surface area contributed by atoms with Gasteiger partial charge < -0.3 is 5.32 Å². The van der Waals surface area contributed by atoms with Crippen LogP contribution in [0.1, 0.15) is 35.2 Å². The molecule has 1 unspecified atom stereocenters. The molecule has 0 fully saturated rings. The van der Waals surface area contributed by atoms with Crippen molar-refractivity contribution in [3.05, 3.63) is 68.1 Å². The first kappa shape index (κ1) is 15.6. The van der Waals surface area contributed by atoms with E-state index in [4.69, 9.17) is 11.6 Å². The maximum absolute atomic E-state index is 6.28. The largest absolute Gasteiger partial charge is 0.307 e. The summed E-state index contributed by atoms with van der Waals surface area (Å²) in [7, 11) is 0. The number of benzene rings is 2. The Bertz CT molecular complexity index is 610. The molecule has 1 N–H and O–H groups in total. The zero-order chi connectivity index (χ0) is 14.7. The highest BCUT2D eigenvalue weighted by atomic mass is 79.9. The summed E-state index contributed by atoms with van der Waals surface area (Å²) in [6.07, 6.45) is 0. The van der Waals surface area contributed by atoms with E-state index in [0.717, 1.165) is 21.6 Å². The summed E-state index contributed by atoms with van der Waals surface area (Å²) >= 11 is 9.89. The second-order valence-corrected chi connectivity index (χ2v) is 6.21. The predicted molar refractivity (Wildman–Crippen MR) is 90.6 cm³/mol. The van der Waals surface area contributed by atoms with Crippen LogP contribution < -0.4 is 5.32 Å². The highest BCUT2D eigenvalue weighted by Crippen LogP contribution is 2.30. The van der Waals surface area contributed by atoms with Crippen LogP contribution in [0.5, 0.6) is 0 Å². The molecule has 20 heavy (non-hydrogen) atoms. The van der Waals surface area contributed by atoms with E-state index in [2.05, 4.69) is 71.5 Å². The van der Waals surface area contributed by atoms with Crippen LogP contribution in [-0.2, 0) is 0 Å². The first-order chi connectivity index (χ1) is 9.54. The van der Waals surface area contributed by atoms with Gasteiger partial charge in [0.25, 0.3) is 0 Å². The lowest BCUT2D eigenvalue weighted by atomic mass is 9.94. The third-order valence-electron chi connectivity index (χ3n) is 3.56. The van der Waals surface area contributed by atoms with Crippen molar-refractivity contribution in [2.24, 2.45) is 0 Å². The quantitative estimate of drug-likeness (QED) is 0.775. The van der Waals surface area contributed by atoms with E-state index in [0.29, 0.717) is 0 Å². The molecule has 0 aromatic heterocycles. The van der Waals surface area contributed by atoms with Crippen molar-refractivity contribution in [1.29, 1.82) is 0 Å². The van der Waals surface area contributed by atoms with Gasteiger partial charge in [0.15, 0.2) is 0 Å². The fraction of sp³-hybridized carbons (Fsp3) is 0.294. The van der Waals surface area contributed by atoms with Crippen LogP contribution in [-0.4, -0.2) is 6.54 Å². The summed E-state index contributed by atoms with van der Waals surface area (Å²) < 4.78 is 1.14. The summed E-state index contributed by atoms with van der Waals surface area (Å²) in [5, 5.41) is 4.37. The maximum Gasteiger partial charge on any atom is 0.0580 e. The molecule has 0 spiro atoms. The van der Waals surface area contributed by atoms with Gasteiger partial charge in [-0.05, 0) is 54.8 Å². The molecule has 2 aromatic rings. The standard InChI is InChI=1S/C17H19BrClN/c1-4-20-17(13-9-8-11(2)16(19)10-13)14-6-5-7-15(18)12(14)3/h5-10,17,20H,4H2,1-3H3. The molecule has 106 valence electrons. The third kappa shape index (κ3) is 3.25. The van der Waals surface area contributed by atoms with E-state index in [1.807, 2.05) is 6.92 Å². The molecule has 1 nitrogen and oxygen atoms in total. The van der Waals surface area contributed by atoms with Crippen LogP contribution in [0.15, 0.2) is 40.9 Å². The number of halogens is 2. The molecule has 0 saturated heterocycles. The van der Waals surface area contributed by atoms with Crippen molar-refractivity contribution in [1.82, 2.24) is 5.32 Å². The molecule has 0 saturated carbocycles. The molecule has 0 aliphatic rings. The fourth-order valence-corrected chi connectivity index (χ4v) is 2.91. The molecule has 2 aromatic carbocycles. The van der Waals surface area contributed by atoms with Gasteiger partial charge in [-0.15, -0.1) is 0 Å². The second kappa shape index (κ2) is 6.75. The lowest BCUT2D eigenvalue weighted by Gasteiger charge is -2.22. The van der Waals surface area contributed by atoms with Crippen LogP contribution in [0.25, 0.3) is 0 Å². The number of aryl methyl sites for hydroxylation is 1. The van der Waals surface area contributed by atoms with Crippen LogP contribution in [0, 0.1) is 13.8 Å². The molecule has 3 heteroatoms. The Balaban J connectivity index is 2.50. The Morgan fingerprint density at radius 3 is 2.60 bits per heavy atom. The molecule has 0 amide bonds. The zero-order valence-electron chi connectivity index (χ0n) is 12.0. The molecule has 0 bridgehead atoms. The summed E-state index contributed by atoms with van der Waals surface area (Å²) in [4.78, 5) is 0. The highest BCUT2D eigenvalue weighted by molar-refractivity contribution is 9.10. The van der Waals surface area contributed by atoms with Crippen molar-refractivity contribution in [2.75, 3.05) is 6.54 Å². The Labute approximate surface area is 134 Å². The van der Waals surface area contributed by atoms with Crippen molar-refractivity contribution < 1.29 is 0 Å². The van der Waals surface area contributed by atoms with E-state index in [9.17, 15) is 0 Å². The summed E-state index contributed by atoms with van der Waals surface area (Å²) in [6.45, 7) is 7.19. The molecule has 0 aliphatic carbocycles. The smallest absolute Gasteiger partial charge is 0.0580 e. The Kier molecular flexibility index (Phi) is 5.25. The summed E-state index contributed by atoms with van der Waals surface area (Å²) in [6, 6.07) is 12.8. The minimum atomic E-state index is 0.163. The van der Waals surface area contributed by atoms with Crippen molar-refractivity contribution >= 4 is 27.5 Å². The molecular weight excluding hydrogens is 334 g/mol. The molecule has 2 rings (SSSR count). The SMILES string of the molecule is CCNC(c1ccc(C)c(Cl)c1)c1cccc(Br)c1C. The lowest BCUT2D eigenvalue weighted by Crippen LogP contribution is -2.23. The molecule has 0 radical (unpaired) electrons. The second-order valence-electron chi connectivity index (χ2n) is 4.95. The van der Waals surface area contributed by atoms with Gasteiger partial charge >= 0.3 is 0 Å². The van der Waals surface area contributed by atoms with E-state index in [1.54, 1.807) is 0 Å². The van der Waals surface area contributed by atoms with E-state index < -0.39 is 0 Å². The number of hydrogen-bond acceptors (Lipinski definition) is 1. The number of rotatable bonds is 4. The first-order valence-corrected chi connectivity index (χ1v) is 7.96. The Hall–Kier alpha value is -0.830. The number of hydrogen-bond donors (Lipinski definition) is 1. The van der Waals surface area contributed by atoms with Crippen molar-refractivity contribution in [2.45, 2.75) is 26.8 Å². The molecular formula is C17H19BrClN. The van der Waals surface area contributed by atoms with E-state index in [-0.39, 0.29) is 6.04 Å². The summed E-state index contributed by atoms with van der Waals surface area (Å²) in [5.41, 5.74) is 4.84. The van der Waals surface area contributed by atoms with Crippen LogP contribution >= 0.6 is 27.5 Å². The van der Waals surface area contributed by atoms with Gasteiger partial charge in [0, 0.05) is 9.50 Å². The summed E-state index contributed by atoms with van der Waals surface area (Å²) in [5.74, 6) is 0. The van der Waals surface area contributed by atoms with E-state index in [1.165, 1.54) is 16.7 Å². The van der Waals surface area contributed by atoms with Gasteiger partial charge in [-0.3, -0.25) is 0 Å². The maximum atomic E-state index is 6.28. The lowest BCUT2D eigenvalue weighted by molar-refractivity contribution is 0.627.